The fraction of sp³-hybridized carbons (Fsp3) is 0.357. The second kappa shape index (κ2) is 5.88. The molecule has 0 spiro atoms. The highest BCUT2D eigenvalue weighted by Crippen LogP contribution is 2.37. The molecule has 3 rings (SSSR count). The van der Waals surface area contributed by atoms with Crippen molar-refractivity contribution in [2.24, 2.45) is 0 Å². The van der Waals surface area contributed by atoms with Gasteiger partial charge in [-0.25, -0.2) is 9.37 Å². The molecular weight excluding hydrogens is 313 g/mol. The van der Waals surface area contributed by atoms with Gasteiger partial charge in [0.1, 0.15) is 5.82 Å². The van der Waals surface area contributed by atoms with E-state index in [-0.39, 0.29) is 18.0 Å². The number of hydrogen-bond donors (Lipinski definition) is 2. The molecule has 1 fully saturated rings. The van der Waals surface area contributed by atoms with Crippen LogP contribution in [0.5, 0.6) is 0 Å². The maximum absolute atomic E-state index is 14.3. The molecule has 4 nitrogen and oxygen atoms in total. The van der Waals surface area contributed by atoms with E-state index in [0.29, 0.717) is 35.2 Å². The fourth-order valence-electron chi connectivity index (χ4n) is 2.68. The van der Waals surface area contributed by atoms with Crippen LogP contribution in [0.1, 0.15) is 22.9 Å². The SMILES string of the molecule is Nc1ncc([C@H](c2ccc(Cl)cc2F)N2CC[C@@H](O)C2)s1. The van der Waals surface area contributed by atoms with E-state index in [9.17, 15) is 9.50 Å². The van der Waals surface area contributed by atoms with Crippen molar-refractivity contribution in [1.29, 1.82) is 0 Å². The summed E-state index contributed by atoms with van der Waals surface area (Å²) in [4.78, 5) is 6.97. The summed E-state index contributed by atoms with van der Waals surface area (Å²) in [6, 6.07) is 4.36. The van der Waals surface area contributed by atoms with Crippen molar-refractivity contribution in [2.75, 3.05) is 18.8 Å². The van der Waals surface area contributed by atoms with Crippen molar-refractivity contribution >= 4 is 28.1 Å². The van der Waals surface area contributed by atoms with Crippen molar-refractivity contribution < 1.29 is 9.50 Å². The lowest BCUT2D eigenvalue weighted by atomic mass is 10.0. The quantitative estimate of drug-likeness (QED) is 0.910. The Bertz CT molecular complexity index is 651. The minimum absolute atomic E-state index is 0.297. The lowest BCUT2D eigenvalue weighted by Gasteiger charge is -2.27. The molecule has 0 bridgehead atoms. The predicted molar refractivity (Wildman–Crippen MR) is 82.0 cm³/mol. The molecule has 2 aromatic rings. The first-order valence-electron chi connectivity index (χ1n) is 6.63. The van der Waals surface area contributed by atoms with Crippen LogP contribution in [-0.2, 0) is 0 Å². The standard InChI is InChI=1S/C14H15ClFN3OS/c15-8-1-2-10(11(16)5-8)13(12-6-18-14(17)21-12)19-4-3-9(20)7-19/h1-2,5-6,9,13,20H,3-4,7H2,(H2,17,18)/t9-,13+/m1/s1. The molecule has 2 heterocycles. The van der Waals surface area contributed by atoms with Gasteiger partial charge >= 0.3 is 0 Å². The summed E-state index contributed by atoms with van der Waals surface area (Å²) in [6.45, 7) is 1.20. The summed E-state index contributed by atoms with van der Waals surface area (Å²) in [7, 11) is 0. The Labute approximate surface area is 131 Å². The summed E-state index contributed by atoms with van der Waals surface area (Å²) in [5.41, 5.74) is 6.23. The van der Waals surface area contributed by atoms with Gasteiger partial charge in [-0.2, -0.15) is 0 Å². The normalized spacial score (nSPS) is 20.8. The minimum atomic E-state index is -0.381. The van der Waals surface area contributed by atoms with Gasteiger partial charge in [0.05, 0.1) is 12.1 Å². The monoisotopic (exact) mass is 327 g/mol. The molecule has 0 radical (unpaired) electrons. The third-order valence-corrected chi connectivity index (χ3v) is 4.74. The molecule has 7 heteroatoms. The van der Waals surface area contributed by atoms with Crippen molar-refractivity contribution in [1.82, 2.24) is 9.88 Å². The van der Waals surface area contributed by atoms with Gasteiger partial charge in [0, 0.05) is 34.7 Å². The molecule has 0 amide bonds. The zero-order valence-corrected chi connectivity index (χ0v) is 12.7. The highest BCUT2D eigenvalue weighted by Gasteiger charge is 2.32. The van der Waals surface area contributed by atoms with Gasteiger partial charge in [-0.15, -0.1) is 11.3 Å². The Kier molecular flexibility index (Phi) is 4.12. The lowest BCUT2D eigenvalue weighted by molar-refractivity contribution is 0.167. The van der Waals surface area contributed by atoms with Crippen LogP contribution in [0, 0.1) is 5.82 Å². The molecule has 3 N–H and O–H groups in total. The molecule has 2 atom stereocenters. The summed E-state index contributed by atoms with van der Waals surface area (Å²) in [5, 5.41) is 10.6. The zero-order valence-electron chi connectivity index (χ0n) is 11.2. The van der Waals surface area contributed by atoms with Gasteiger partial charge in [-0.1, -0.05) is 17.7 Å². The van der Waals surface area contributed by atoms with E-state index in [1.165, 1.54) is 17.4 Å². The number of nitrogens with zero attached hydrogens (tertiary/aromatic N) is 2. The summed E-state index contributed by atoms with van der Waals surface area (Å²) in [5.74, 6) is -0.360. The van der Waals surface area contributed by atoms with Gasteiger partial charge in [-0.05, 0) is 18.6 Å². The predicted octanol–water partition coefficient (Wildman–Crippen LogP) is 2.67. The Morgan fingerprint density at radius 2 is 2.33 bits per heavy atom. The molecule has 21 heavy (non-hydrogen) atoms. The van der Waals surface area contributed by atoms with Crippen LogP contribution in [0.15, 0.2) is 24.4 Å². The molecular formula is C14H15ClFN3OS. The highest BCUT2D eigenvalue weighted by molar-refractivity contribution is 7.15. The van der Waals surface area contributed by atoms with Crippen LogP contribution in [-0.4, -0.2) is 34.2 Å². The Hall–Kier alpha value is -1.21. The first kappa shape index (κ1) is 14.7. The molecule has 1 aliphatic heterocycles. The molecule has 1 aromatic heterocycles. The van der Waals surface area contributed by atoms with Crippen LogP contribution < -0.4 is 5.73 Å². The Morgan fingerprint density at radius 3 is 2.90 bits per heavy atom. The summed E-state index contributed by atoms with van der Waals surface area (Å²) < 4.78 is 14.3. The van der Waals surface area contributed by atoms with Gasteiger partial charge in [0.2, 0.25) is 0 Å². The molecule has 1 aromatic carbocycles. The number of halogens is 2. The number of anilines is 1. The lowest BCUT2D eigenvalue weighted by Crippen LogP contribution is -2.28. The van der Waals surface area contributed by atoms with E-state index < -0.39 is 0 Å². The molecule has 1 aliphatic rings. The second-order valence-electron chi connectivity index (χ2n) is 5.11. The Balaban J connectivity index is 2.03. The average Bonchev–Trinajstić information content (AvgIpc) is 3.02. The van der Waals surface area contributed by atoms with Gasteiger partial charge in [0.15, 0.2) is 5.13 Å². The number of nitrogens with two attached hydrogens (primary N) is 1. The number of thiazole rings is 1. The summed E-state index contributed by atoms with van der Waals surface area (Å²) >= 11 is 7.17. The zero-order chi connectivity index (χ0) is 15.0. The number of likely N-dealkylation sites (tertiary alicyclic amines) is 1. The maximum atomic E-state index is 14.3. The third kappa shape index (κ3) is 3.03. The van der Waals surface area contributed by atoms with Crippen LogP contribution >= 0.6 is 22.9 Å². The molecule has 1 saturated heterocycles. The van der Waals surface area contributed by atoms with E-state index >= 15 is 0 Å². The van der Waals surface area contributed by atoms with Crippen LogP contribution in [0.3, 0.4) is 0 Å². The van der Waals surface area contributed by atoms with Gasteiger partial charge in [-0.3, -0.25) is 4.90 Å². The first-order valence-corrected chi connectivity index (χ1v) is 7.82. The number of benzene rings is 1. The number of rotatable bonds is 3. The van der Waals surface area contributed by atoms with Crippen LogP contribution in [0.4, 0.5) is 9.52 Å². The van der Waals surface area contributed by atoms with Crippen LogP contribution in [0.25, 0.3) is 0 Å². The number of nitrogen functional groups attached to an aromatic ring is 1. The Morgan fingerprint density at radius 1 is 1.52 bits per heavy atom. The van der Waals surface area contributed by atoms with E-state index in [1.807, 2.05) is 4.90 Å². The van der Waals surface area contributed by atoms with E-state index in [1.54, 1.807) is 18.3 Å². The maximum Gasteiger partial charge on any atom is 0.180 e. The van der Waals surface area contributed by atoms with E-state index in [2.05, 4.69) is 4.98 Å². The van der Waals surface area contributed by atoms with E-state index in [4.69, 9.17) is 17.3 Å². The minimum Gasteiger partial charge on any atom is -0.392 e. The van der Waals surface area contributed by atoms with Crippen LogP contribution in [0.2, 0.25) is 5.02 Å². The number of aliphatic hydroxyl groups excluding tert-OH is 1. The second-order valence-corrected chi connectivity index (χ2v) is 6.64. The molecule has 0 saturated carbocycles. The fourth-order valence-corrected chi connectivity index (χ4v) is 3.68. The van der Waals surface area contributed by atoms with Crippen molar-refractivity contribution in [3.63, 3.8) is 0 Å². The topological polar surface area (TPSA) is 62.4 Å². The van der Waals surface area contributed by atoms with Crippen molar-refractivity contribution in [2.45, 2.75) is 18.6 Å². The number of aliphatic hydroxyl groups is 1. The smallest absolute Gasteiger partial charge is 0.180 e. The number of hydrogen-bond acceptors (Lipinski definition) is 5. The largest absolute Gasteiger partial charge is 0.392 e. The van der Waals surface area contributed by atoms with Gasteiger partial charge < -0.3 is 10.8 Å². The van der Waals surface area contributed by atoms with Crippen molar-refractivity contribution in [3.8, 4) is 0 Å². The molecule has 112 valence electrons. The highest BCUT2D eigenvalue weighted by atomic mass is 35.5. The number of aromatic nitrogens is 1. The average molecular weight is 328 g/mol. The molecule has 0 aliphatic carbocycles. The van der Waals surface area contributed by atoms with Crippen molar-refractivity contribution in [3.05, 3.63) is 45.7 Å². The number of β-amino-alcohol motifs (C(OH)–C–C–N with tert-alkyl or cyclic N) is 1. The molecule has 0 unspecified atom stereocenters. The first-order chi connectivity index (χ1) is 10.0. The summed E-state index contributed by atoms with van der Waals surface area (Å²) in [6.07, 6.45) is 1.97. The van der Waals surface area contributed by atoms with Gasteiger partial charge in [0.25, 0.3) is 0 Å². The third-order valence-electron chi connectivity index (χ3n) is 3.63. The van der Waals surface area contributed by atoms with E-state index in [0.717, 1.165) is 4.88 Å².